The third-order valence-corrected chi connectivity index (χ3v) is 4.01. The van der Waals surface area contributed by atoms with E-state index in [9.17, 15) is 14.9 Å². The van der Waals surface area contributed by atoms with E-state index in [-0.39, 0.29) is 30.9 Å². The van der Waals surface area contributed by atoms with Crippen LogP contribution in [0.3, 0.4) is 0 Å². The first-order chi connectivity index (χ1) is 11.8. The molecule has 0 saturated carbocycles. The van der Waals surface area contributed by atoms with Gasteiger partial charge in [0.1, 0.15) is 12.7 Å². The highest BCUT2D eigenvalue weighted by atomic mass is 16.6. The number of imidazole rings is 1. The number of rotatable bonds is 7. The number of carbonyl (C=O) groups excluding carboxylic acids is 1. The van der Waals surface area contributed by atoms with Gasteiger partial charge < -0.3 is 21.2 Å². The van der Waals surface area contributed by atoms with Crippen LogP contribution in [0.4, 0.5) is 5.82 Å². The summed E-state index contributed by atoms with van der Waals surface area (Å²) in [6.45, 7) is 6.11. The van der Waals surface area contributed by atoms with E-state index in [1.165, 1.54) is 16.3 Å². The highest BCUT2D eigenvalue weighted by molar-refractivity contribution is 5.75. The second kappa shape index (κ2) is 7.89. The molecule has 2 aromatic rings. The summed E-state index contributed by atoms with van der Waals surface area (Å²) in [6.07, 6.45) is 1.25. The quantitative estimate of drug-likeness (QED) is 0.588. The molecule has 2 rings (SSSR count). The van der Waals surface area contributed by atoms with E-state index in [1.807, 2.05) is 24.3 Å². The lowest BCUT2D eigenvalue weighted by atomic mass is 9.99. The van der Waals surface area contributed by atoms with Crippen LogP contribution in [0.5, 0.6) is 0 Å². The minimum absolute atomic E-state index is 0.0360. The summed E-state index contributed by atoms with van der Waals surface area (Å²) in [5, 5.41) is 13.5. The van der Waals surface area contributed by atoms with Crippen molar-refractivity contribution in [2.75, 3.05) is 6.54 Å². The Kier molecular flexibility index (Phi) is 5.87. The lowest BCUT2D eigenvalue weighted by Crippen LogP contribution is -2.34. The van der Waals surface area contributed by atoms with Gasteiger partial charge in [-0.05, 0) is 27.0 Å². The standard InChI is InChI=1S/C17H23N5O3/c1-11(2)13-4-6-14(7-5-13)15(18)8-19-17(23)10-21-9-16(22(24)25)20-12(21)3/h4-7,9,11,15H,8,10,18H2,1-3H3,(H,19,23). The normalized spacial score (nSPS) is 12.2. The fourth-order valence-corrected chi connectivity index (χ4v) is 2.42. The van der Waals surface area contributed by atoms with E-state index in [2.05, 4.69) is 24.1 Å². The van der Waals surface area contributed by atoms with Crippen LogP contribution in [0.25, 0.3) is 0 Å². The molecule has 0 aliphatic carbocycles. The molecule has 8 nitrogen and oxygen atoms in total. The molecule has 1 amide bonds. The van der Waals surface area contributed by atoms with Gasteiger partial charge in [0.2, 0.25) is 11.7 Å². The Bertz CT molecular complexity index is 752. The predicted molar refractivity (Wildman–Crippen MR) is 94.1 cm³/mol. The molecule has 1 aromatic heterocycles. The monoisotopic (exact) mass is 345 g/mol. The van der Waals surface area contributed by atoms with E-state index >= 15 is 0 Å². The Hall–Kier alpha value is -2.74. The molecule has 8 heteroatoms. The van der Waals surface area contributed by atoms with Gasteiger partial charge in [0.15, 0.2) is 0 Å². The molecule has 1 atom stereocenters. The van der Waals surface area contributed by atoms with Crippen molar-refractivity contribution in [2.24, 2.45) is 5.73 Å². The van der Waals surface area contributed by atoms with Crippen molar-refractivity contribution in [3.63, 3.8) is 0 Å². The van der Waals surface area contributed by atoms with Crippen LogP contribution in [0.2, 0.25) is 0 Å². The molecule has 3 N–H and O–H groups in total. The topological polar surface area (TPSA) is 116 Å². The fraction of sp³-hybridized carbons (Fsp3) is 0.412. The average Bonchev–Trinajstić information content (AvgIpc) is 2.94. The maximum atomic E-state index is 12.0. The lowest BCUT2D eigenvalue weighted by molar-refractivity contribution is -0.389. The van der Waals surface area contributed by atoms with E-state index < -0.39 is 4.92 Å². The molecule has 0 bridgehead atoms. The van der Waals surface area contributed by atoms with E-state index in [1.54, 1.807) is 6.92 Å². The number of aryl methyl sites for hydroxylation is 1. The summed E-state index contributed by atoms with van der Waals surface area (Å²) in [6, 6.07) is 7.69. The van der Waals surface area contributed by atoms with E-state index in [0.717, 1.165) is 5.56 Å². The largest absolute Gasteiger partial charge is 0.381 e. The number of nitrogens with zero attached hydrogens (tertiary/aromatic N) is 3. The second-order valence-electron chi connectivity index (χ2n) is 6.26. The van der Waals surface area contributed by atoms with Crippen molar-refractivity contribution in [1.29, 1.82) is 0 Å². The lowest BCUT2D eigenvalue weighted by Gasteiger charge is -2.14. The van der Waals surface area contributed by atoms with Gasteiger partial charge in [-0.3, -0.25) is 9.36 Å². The predicted octanol–water partition coefficient (Wildman–Crippen LogP) is 2.04. The van der Waals surface area contributed by atoms with Crippen LogP contribution in [0.15, 0.2) is 30.5 Å². The maximum absolute atomic E-state index is 12.0. The van der Waals surface area contributed by atoms with Crippen LogP contribution >= 0.6 is 0 Å². The van der Waals surface area contributed by atoms with Crippen molar-refractivity contribution in [3.05, 3.63) is 57.5 Å². The van der Waals surface area contributed by atoms with Crippen LogP contribution in [0.1, 0.15) is 42.8 Å². The number of carbonyl (C=O) groups is 1. The molecular weight excluding hydrogens is 322 g/mol. The van der Waals surface area contributed by atoms with Crippen molar-refractivity contribution in [2.45, 2.75) is 39.3 Å². The molecule has 0 spiro atoms. The van der Waals surface area contributed by atoms with Gasteiger partial charge in [0.25, 0.3) is 0 Å². The van der Waals surface area contributed by atoms with Crippen molar-refractivity contribution in [1.82, 2.24) is 14.9 Å². The molecule has 25 heavy (non-hydrogen) atoms. The molecular formula is C17H23N5O3. The van der Waals surface area contributed by atoms with Gasteiger partial charge in [-0.1, -0.05) is 38.1 Å². The number of benzene rings is 1. The highest BCUT2D eigenvalue weighted by Crippen LogP contribution is 2.17. The van der Waals surface area contributed by atoms with Crippen LogP contribution < -0.4 is 11.1 Å². The molecule has 0 saturated heterocycles. The van der Waals surface area contributed by atoms with Crippen molar-refractivity contribution >= 4 is 11.7 Å². The fourth-order valence-electron chi connectivity index (χ4n) is 2.42. The zero-order chi connectivity index (χ0) is 18.6. The Labute approximate surface area is 146 Å². The minimum atomic E-state index is -0.585. The molecule has 134 valence electrons. The second-order valence-corrected chi connectivity index (χ2v) is 6.26. The van der Waals surface area contributed by atoms with Gasteiger partial charge in [-0.25, -0.2) is 0 Å². The number of hydrogen-bond donors (Lipinski definition) is 2. The Morgan fingerprint density at radius 1 is 1.32 bits per heavy atom. The summed E-state index contributed by atoms with van der Waals surface area (Å²) in [7, 11) is 0. The van der Waals surface area contributed by atoms with Crippen LogP contribution in [-0.4, -0.2) is 26.9 Å². The Morgan fingerprint density at radius 3 is 2.44 bits per heavy atom. The molecule has 1 unspecified atom stereocenters. The zero-order valence-electron chi connectivity index (χ0n) is 14.6. The van der Waals surface area contributed by atoms with E-state index in [4.69, 9.17) is 5.73 Å². The summed E-state index contributed by atoms with van der Waals surface area (Å²) in [5.74, 6) is 0.319. The number of nitrogens with one attached hydrogen (secondary N) is 1. The first kappa shape index (κ1) is 18.6. The summed E-state index contributed by atoms with van der Waals surface area (Å²) < 4.78 is 1.44. The SMILES string of the molecule is Cc1nc([N+](=O)[O-])cn1CC(=O)NCC(N)c1ccc(C(C)C)cc1. The van der Waals surface area contributed by atoms with Gasteiger partial charge in [-0.2, -0.15) is 0 Å². The number of nitrogens with two attached hydrogens (primary N) is 1. The molecule has 0 radical (unpaired) electrons. The zero-order valence-corrected chi connectivity index (χ0v) is 14.6. The van der Waals surface area contributed by atoms with Crippen LogP contribution in [0, 0.1) is 17.0 Å². The number of amides is 1. The van der Waals surface area contributed by atoms with Crippen molar-refractivity contribution in [3.8, 4) is 0 Å². The first-order valence-corrected chi connectivity index (χ1v) is 8.08. The Balaban J connectivity index is 1.89. The molecule has 0 aliphatic heterocycles. The number of nitro groups is 1. The van der Waals surface area contributed by atoms with Crippen LogP contribution in [-0.2, 0) is 11.3 Å². The third kappa shape index (κ3) is 4.87. The van der Waals surface area contributed by atoms with E-state index in [0.29, 0.717) is 11.7 Å². The molecule has 0 aliphatic rings. The smallest absolute Gasteiger partial charge is 0.358 e. The minimum Gasteiger partial charge on any atom is -0.358 e. The molecule has 1 heterocycles. The van der Waals surface area contributed by atoms with Gasteiger partial charge in [0.05, 0.1) is 0 Å². The number of aromatic nitrogens is 2. The summed E-state index contributed by atoms with van der Waals surface area (Å²) in [5.41, 5.74) is 8.29. The van der Waals surface area contributed by atoms with Gasteiger partial charge in [-0.15, -0.1) is 0 Å². The first-order valence-electron chi connectivity index (χ1n) is 8.08. The van der Waals surface area contributed by atoms with Gasteiger partial charge >= 0.3 is 5.82 Å². The van der Waals surface area contributed by atoms with Crippen molar-refractivity contribution < 1.29 is 9.72 Å². The summed E-state index contributed by atoms with van der Waals surface area (Å²) >= 11 is 0. The number of hydrogen-bond acceptors (Lipinski definition) is 5. The van der Waals surface area contributed by atoms with Gasteiger partial charge in [0, 0.05) is 19.5 Å². The average molecular weight is 345 g/mol. The Morgan fingerprint density at radius 2 is 1.92 bits per heavy atom. The highest BCUT2D eigenvalue weighted by Gasteiger charge is 2.17. The molecule has 0 fully saturated rings. The third-order valence-electron chi connectivity index (χ3n) is 4.01. The molecule has 1 aromatic carbocycles. The summed E-state index contributed by atoms with van der Waals surface area (Å²) in [4.78, 5) is 25.9. The maximum Gasteiger partial charge on any atom is 0.381 e.